The molecule has 0 atom stereocenters. The molecular weight excluding hydrogens is 278 g/mol. The van der Waals surface area contributed by atoms with Crippen molar-refractivity contribution in [2.75, 3.05) is 6.61 Å². The zero-order valence-electron chi connectivity index (χ0n) is 12.4. The highest BCUT2D eigenvalue weighted by Crippen LogP contribution is 2.23. The van der Waals surface area contributed by atoms with E-state index in [1.807, 2.05) is 54.6 Å². The van der Waals surface area contributed by atoms with Crippen molar-refractivity contribution < 1.29 is 14.3 Å². The van der Waals surface area contributed by atoms with Gasteiger partial charge in [0.2, 0.25) is 0 Å². The summed E-state index contributed by atoms with van der Waals surface area (Å²) in [5.74, 6) is 0.776. The van der Waals surface area contributed by atoms with Gasteiger partial charge in [0.05, 0.1) is 12.1 Å². The summed E-state index contributed by atoms with van der Waals surface area (Å²) in [4.78, 5) is 11.8. The molecule has 0 fully saturated rings. The summed E-state index contributed by atoms with van der Waals surface area (Å²) in [6.45, 7) is 2.67. The second-order valence-electron chi connectivity index (χ2n) is 4.88. The molecular formula is C18H17NO3. The number of ether oxygens (including phenoxy) is 2. The molecule has 0 unspecified atom stereocenters. The number of rotatable bonds is 4. The lowest BCUT2D eigenvalue weighted by atomic mass is 10.2. The molecule has 0 bridgehead atoms. The lowest BCUT2D eigenvalue weighted by Crippen LogP contribution is -2.11. The number of hydrogen-bond donors (Lipinski definition) is 0. The van der Waals surface area contributed by atoms with E-state index < -0.39 is 0 Å². The van der Waals surface area contributed by atoms with E-state index in [1.165, 1.54) is 4.57 Å². The largest absolute Gasteiger partial charge is 0.489 e. The van der Waals surface area contributed by atoms with E-state index in [4.69, 9.17) is 9.47 Å². The van der Waals surface area contributed by atoms with E-state index in [9.17, 15) is 4.79 Å². The minimum atomic E-state index is -0.365. The van der Waals surface area contributed by atoms with Gasteiger partial charge in [-0.25, -0.2) is 4.79 Å². The fourth-order valence-corrected chi connectivity index (χ4v) is 2.30. The molecule has 1 aromatic heterocycles. The van der Waals surface area contributed by atoms with Gasteiger partial charge in [-0.15, -0.1) is 0 Å². The van der Waals surface area contributed by atoms with Crippen LogP contribution in [0.2, 0.25) is 0 Å². The topological polar surface area (TPSA) is 40.5 Å². The Kier molecular flexibility index (Phi) is 4.10. The fourth-order valence-electron chi connectivity index (χ4n) is 2.30. The number of fused-ring (bicyclic) bond motifs is 1. The van der Waals surface area contributed by atoms with Crippen LogP contribution >= 0.6 is 0 Å². The van der Waals surface area contributed by atoms with Crippen molar-refractivity contribution in [1.82, 2.24) is 4.57 Å². The molecule has 3 aromatic rings. The average molecular weight is 295 g/mol. The molecule has 1 heterocycles. The molecule has 0 amide bonds. The number of aromatic nitrogens is 1. The van der Waals surface area contributed by atoms with Crippen LogP contribution in [0.5, 0.6) is 5.75 Å². The number of carbonyl (C=O) groups excluding carboxylic acids is 1. The van der Waals surface area contributed by atoms with Gasteiger partial charge in [-0.05, 0) is 36.8 Å². The van der Waals surface area contributed by atoms with Gasteiger partial charge in [0, 0.05) is 11.6 Å². The maximum atomic E-state index is 11.8. The van der Waals surface area contributed by atoms with E-state index >= 15 is 0 Å². The predicted octanol–water partition coefficient (Wildman–Crippen LogP) is 4.22. The van der Waals surface area contributed by atoms with Crippen LogP contribution in [0.3, 0.4) is 0 Å². The molecule has 0 aliphatic heterocycles. The SMILES string of the molecule is CCOC(=O)n1ccc2cc(OCc3ccccc3)ccc21. The molecule has 0 saturated carbocycles. The second kappa shape index (κ2) is 6.35. The molecule has 0 N–H and O–H groups in total. The highest BCUT2D eigenvalue weighted by Gasteiger charge is 2.10. The number of carbonyl (C=O) groups is 1. The highest BCUT2D eigenvalue weighted by molar-refractivity contribution is 5.90. The quantitative estimate of drug-likeness (QED) is 0.723. The Morgan fingerprint density at radius 1 is 1.09 bits per heavy atom. The van der Waals surface area contributed by atoms with E-state index in [0.29, 0.717) is 13.2 Å². The molecule has 3 rings (SSSR count). The van der Waals surface area contributed by atoms with Gasteiger partial charge in [0.1, 0.15) is 12.4 Å². The predicted molar refractivity (Wildman–Crippen MR) is 85.1 cm³/mol. The van der Waals surface area contributed by atoms with Crippen LogP contribution in [0.25, 0.3) is 10.9 Å². The normalized spacial score (nSPS) is 10.6. The van der Waals surface area contributed by atoms with Crippen LogP contribution < -0.4 is 4.74 Å². The number of nitrogens with zero attached hydrogens (tertiary/aromatic N) is 1. The van der Waals surface area contributed by atoms with Crippen molar-refractivity contribution >= 4 is 17.0 Å². The minimum absolute atomic E-state index is 0.358. The smallest absolute Gasteiger partial charge is 0.418 e. The maximum Gasteiger partial charge on any atom is 0.418 e. The third kappa shape index (κ3) is 2.96. The summed E-state index contributed by atoms with van der Waals surface area (Å²) in [6.07, 6.45) is 1.35. The standard InChI is InChI=1S/C18H17NO3/c1-2-21-18(20)19-11-10-15-12-16(8-9-17(15)19)22-13-14-6-4-3-5-7-14/h3-12H,2,13H2,1H3. The molecule has 2 aromatic carbocycles. The summed E-state index contributed by atoms with van der Waals surface area (Å²) in [7, 11) is 0. The maximum absolute atomic E-state index is 11.8. The van der Waals surface area contributed by atoms with E-state index in [-0.39, 0.29) is 6.09 Å². The zero-order valence-corrected chi connectivity index (χ0v) is 12.4. The van der Waals surface area contributed by atoms with Gasteiger partial charge >= 0.3 is 6.09 Å². The van der Waals surface area contributed by atoms with Crippen molar-refractivity contribution in [2.45, 2.75) is 13.5 Å². The first-order chi connectivity index (χ1) is 10.8. The van der Waals surface area contributed by atoms with Crippen LogP contribution in [0, 0.1) is 0 Å². The first-order valence-electron chi connectivity index (χ1n) is 7.23. The van der Waals surface area contributed by atoms with Crippen LogP contribution in [0.4, 0.5) is 4.79 Å². The average Bonchev–Trinajstić information content (AvgIpc) is 2.97. The van der Waals surface area contributed by atoms with Crippen molar-refractivity contribution in [3.05, 3.63) is 66.4 Å². The highest BCUT2D eigenvalue weighted by atomic mass is 16.5. The minimum Gasteiger partial charge on any atom is -0.489 e. The van der Waals surface area contributed by atoms with Crippen molar-refractivity contribution in [2.24, 2.45) is 0 Å². The Hall–Kier alpha value is -2.75. The van der Waals surface area contributed by atoms with E-state index in [2.05, 4.69) is 0 Å². The third-order valence-electron chi connectivity index (χ3n) is 3.37. The van der Waals surface area contributed by atoms with Crippen molar-refractivity contribution in [1.29, 1.82) is 0 Å². The Balaban J connectivity index is 1.78. The van der Waals surface area contributed by atoms with Crippen LogP contribution in [0.1, 0.15) is 12.5 Å². The molecule has 0 aliphatic rings. The number of benzene rings is 2. The van der Waals surface area contributed by atoms with Gasteiger partial charge in [0.25, 0.3) is 0 Å². The fraction of sp³-hybridized carbons (Fsp3) is 0.167. The van der Waals surface area contributed by atoms with Crippen molar-refractivity contribution in [3.63, 3.8) is 0 Å². The molecule has 22 heavy (non-hydrogen) atoms. The lowest BCUT2D eigenvalue weighted by molar-refractivity contribution is 0.155. The molecule has 0 spiro atoms. The summed E-state index contributed by atoms with van der Waals surface area (Å²) in [6, 6.07) is 17.5. The Morgan fingerprint density at radius 3 is 2.68 bits per heavy atom. The van der Waals surface area contributed by atoms with Gasteiger partial charge < -0.3 is 9.47 Å². The van der Waals surface area contributed by atoms with Gasteiger partial charge in [-0.3, -0.25) is 4.57 Å². The molecule has 0 radical (unpaired) electrons. The summed E-state index contributed by atoms with van der Waals surface area (Å²) >= 11 is 0. The zero-order chi connectivity index (χ0) is 15.4. The van der Waals surface area contributed by atoms with Gasteiger partial charge in [-0.2, -0.15) is 0 Å². The van der Waals surface area contributed by atoms with Gasteiger partial charge in [0.15, 0.2) is 0 Å². The van der Waals surface area contributed by atoms with Crippen LogP contribution in [-0.4, -0.2) is 17.3 Å². The Labute approximate surface area is 128 Å². The Morgan fingerprint density at radius 2 is 1.91 bits per heavy atom. The summed E-state index contributed by atoms with van der Waals surface area (Å²) in [5, 5.41) is 0.943. The lowest BCUT2D eigenvalue weighted by Gasteiger charge is -2.07. The number of hydrogen-bond acceptors (Lipinski definition) is 3. The first-order valence-corrected chi connectivity index (χ1v) is 7.23. The molecule has 0 aliphatic carbocycles. The van der Waals surface area contributed by atoms with Crippen LogP contribution in [0.15, 0.2) is 60.8 Å². The molecule has 112 valence electrons. The first kappa shape index (κ1) is 14.2. The molecule has 4 nitrogen and oxygen atoms in total. The van der Waals surface area contributed by atoms with E-state index in [1.54, 1.807) is 13.1 Å². The third-order valence-corrected chi connectivity index (χ3v) is 3.37. The van der Waals surface area contributed by atoms with Crippen molar-refractivity contribution in [3.8, 4) is 5.75 Å². The van der Waals surface area contributed by atoms with Crippen LogP contribution in [-0.2, 0) is 11.3 Å². The monoisotopic (exact) mass is 295 g/mol. The summed E-state index contributed by atoms with van der Waals surface area (Å²) in [5.41, 5.74) is 1.93. The second-order valence-corrected chi connectivity index (χ2v) is 4.88. The van der Waals surface area contributed by atoms with Gasteiger partial charge in [-0.1, -0.05) is 30.3 Å². The summed E-state index contributed by atoms with van der Waals surface area (Å²) < 4.78 is 12.3. The van der Waals surface area contributed by atoms with E-state index in [0.717, 1.165) is 22.2 Å². The molecule has 0 saturated heterocycles. The molecule has 4 heteroatoms. The Bertz CT molecular complexity index is 777.